The van der Waals surface area contributed by atoms with Crippen LogP contribution in [0.3, 0.4) is 0 Å². The number of unbranched alkanes of at least 4 members (excludes halogenated alkanes) is 3. The molecule has 0 spiro atoms. The second-order valence-corrected chi connectivity index (χ2v) is 8.66. The van der Waals surface area contributed by atoms with E-state index in [-0.39, 0.29) is 6.42 Å². The first-order chi connectivity index (χ1) is 13.8. The van der Waals surface area contributed by atoms with Crippen LogP contribution in [-0.2, 0) is 10.1 Å². The highest BCUT2D eigenvalue weighted by atomic mass is 32.2. The van der Waals surface area contributed by atoms with Gasteiger partial charge in [-0.2, -0.15) is 35.1 Å². The maximum Gasteiger partial charge on any atom is 0.402 e. The first-order valence-electron chi connectivity index (χ1n) is 10.1. The molecule has 0 aromatic heterocycles. The lowest BCUT2D eigenvalue weighted by molar-refractivity contribution is -0.921. The molecule has 0 saturated carbocycles. The first kappa shape index (κ1) is 32.5. The fraction of sp³-hybridized carbons (Fsp3) is 1.00. The summed E-state index contributed by atoms with van der Waals surface area (Å²) in [4.78, 5) is 0. The van der Waals surface area contributed by atoms with Crippen LogP contribution in [0.25, 0.3) is 0 Å². The fourth-order valence-electron chi connectivity index (χ4n) is 2.84. The van der Waals surface area contributed by atoms with Crippen molar-refractivity contribution in [2.75, 3.05) is 26.2 Å². The summed E-state index contributed by atoms with van der Waals surface area (Å²) < 4.78 is 135. The van der Waals surface area contributed by atoms with E-state index in [4.69, 9.17) is 0 Å². The third-order valence-corrected chi connectivity index (χ3v) is 6.45. The Morgan fingerprint density at radius 2 is 1.06 bits per heavy atom. The van der Waals surface area contributed by atoms with Gasteiger partial charge in [0.2, 0.25) is 0 Å². The Morgan fingerprint density at radius 1 is 0.677 bits per heavy atom. The van der Waals surface area contributed by atoms with Crippen LogP contribution in [0, 0.1) is 0 Å². The first-order valence-corrected chi connectivity index (χ1v) is 11.5. The van der Waals surface area contributed by atoms with Gasteiger partial charge in [0.1, 0.15) is 0 Å². The third-order valence-electron chi connectivity index (χ3n) is 5.56. The molecule has 0 fully saturated rings. The normalized spacial score (nSPS) is 14.3. The molecule has 31 heavy (non-hydrogen) atoms. The van der Waals surface area contributed by atoms with Crippen molar-refractivity contribution in [2.45, 2.75) is 89.7 Å². The number of quaternary nitrogens is 1. The van der Waals surface area contributed by atoms with Crippen LogP contribution in [0.4, 0.5) is 35.1 Å². The van der Waals surface area contributed by atoms with Crippen molar-refractivity contribution in [3.05, 3.63) is 0 Å². The quantitative estimate of drug-likeness (QED) is 0.139. The van der Waals surface area contributed by atoms with Gasteiger partial charge < -0.3 is 9.04 Å². The molecule has 0 aromatic carbocycles. The van der Waals surface area contributed by atoms with Crippen LogP contribution in [0.1, 0.15) is 66.7 Å². The van der Waals surface area contributed by atoms with E-state index in [2.05, 4.69) is 27.7 Å². The van der Waals surface area contributed by atoms with Gasteiger partial charge in [-0.1, -0.05) is 26.2 Å². The molecular formula is C18H33F8NO3S. The van der Waals surface area contributed by atoms with Crippen LogP contribution in [0.5, 0.6) is 0 Å². The predicted octanol–water partition coefficient (Wildman–Crippen LogP) is 5.88. The lowest BCUT2D eigenvalue weighted by Gasteiger charge is -2.37. The monoisotopic (exact) mass is 495 g/mol. The van der Waals surface area contributed by atoms with E-state index in [1.54, 1.807) is 6.92 Å². The maximum absolute atomic E-state index is 13.2. The van der Waals surface area contributed by atoms with Gasteiger partial charge in [0.25, 0.3) is 0 Å². The van der Waals surface area contributed by atoms with Gasteiger partial charge in [0.05, 0.1) is 26.2 Å². The van der Waals surface area contributed by atoms with Gasteiger partial charge in [-0.3, -0.25) is 0 Å². The molecule has 0 aliphatic rings. The second kappa shape index (κ2) is 12.0. The van der Waals surface area contributed by atoms with Crippen LogP contribution in [0.15, 0.2) is 0 Å². The van der Waals surface area contributed by atoms with E-state index in [0.717, 1.165) is 0 Å². The molecule has 0 heterocycles. The van der Waals surface area contributed by atoms with Gasteiger partial charge in [-0.25, -0.2) is 8.42 Å². The molecule has 0 aliphatic carbocycles. The second-order valence-electron chi connectivity index (χ2n) is 7.24. The Labute approximate surface area is 179 Å². The molecule has 190 valence electrons. The number of halogens is 8. The summed E-state index contributed by atoms with van der Waals surface area (Å²) in [5.74, 6) is -19.4. The summed E-state index contributed by atoms with van der Waals surface area (Å²) in [6, 6.07) is 0. The van der Waals surface area contributed by atoms with Gasteiger partial charge in [0.15, 0.2) is 10.1 Å². The molecule has 0 aromatic rings. The number of nitrogens with zero attached hydrogens (tertiary/aromatic N) is 1. The molecule has 0 unspecified atom stereocenters. The Morgan fingerprint density at radius 3 is 1.32 bits per heavy atom. The zero-order chi connectivity index (χ0) is 25.4. The number of alkyl halides is 8. The van der Waals surface area contributed by atoms with Crippen molar-refractivity contribution in [3.63, 3.8) is 0 Å². The number of rotatable bonds is 13. The van der Waals surface area contributed by atoms with Crippen molar-refractivity contribution < 1.29 is 52.6 Å². The van der Waals surface area contributed by atoms with E-state index >= 15 is 0 Å². The van der Waals surface area contributed by atoms with Gasteiger partial charge in [0, 0.05) is 6.42 Å². The highest BCUT2D eigenvalue weighted by Crippen LogP contribution is 2.55. The van der Waals surface area contributed by atoms with Crippen molar-refractivity contribution in [1.82, 2.24) is 0 Å². The van der Waals surface area contributed by atoms with Crippen molar-refractivity contribution in [2.24, 2.45) is 0 Å². The molecule has 0 amide bonds. The minimum Gasteiger partial charge on any atom is -0.743 e. The molecule has 4 nitrogen and oxygen atoms in total. The molecule has 0 rings (SSSR count). The standard InChI is InChI=1S/C10H14F8O3S.C8H20N/c1-2-3-4-5-6-7(11,12)8(13,14)9(15,16)10(17,18)22(19,20)21;1-5-9(6-2,7-3)8-4/h2-6H2,1H3,(H,19,20,21);5-8H2,1-4H3/q;+1/p-1. The largest absolute Gasteiger partial charge is 0.743 e. The number of hydrogen-bond donors (Lipinski definition) is 0. The Balaban J connectivity index is 0. The smallest absolute Gasteiger partial charge is 0.402 e. The fourth-order valence-corrected chi connectivity index (χ4v) is 3.28. The van der Waals surface area contributed by atoms with E-state index in [9.17, 15) is 48.1 Å². The van der Waals surface area contributed by atoms with Gasteiger partial charge in [-0.05, 0) is 34.1 Å². The average molecular weight is 496 g/mol. The van der Waals surface area contributed by atoms with E-state index < -0.39 is 46.0 Å². The van der Waals surface area contributed by atoms with Crippen LogP contribution < -0.4 is 0 Å². The summed E-state index contributed by atoms with van der Waals surface area (Å²) in [5, 5.41) is -6.88. The minimum absolute atomic E-state index is 0.0377. The van der Waals surface area contributed by atoms with Crippen molar-refractivity contribution >= 4 is 10.1 Å². The third kappa shape index (κ3) is 7.41. The molecule has 13 heteroatoms. The van der Waals surface area contributed by atoms with Gasteiger partial charge >= 0.3 is 23.0 Å². The topological polar surface area (TPSA) is 57.2 Å². The van der Waals surface area contributed by atoms with Gasteiger partial charge in [-0.15, -0.1) is 0 Å². The Bertz CT molecular complexity index is 606. The van der Waals surface area contributed by atoms with E-state index in [1.165, 1.54) is 30.7 Å². The summed E-state index contributed by atoms with van der Waals surface area (Å²) in [5.41, 5.74) is 0. The highest BCUT2D eigenvalue weighted by Gasteiger charge is 2.82. The average Bonchev–Trinajstić information content (AvgIpc) is 2.66. The van der Waals surface area contributed by atoms with E-state index in [0.29, 0.717) is 12.8 Å². The summed E-state index contributed by atoms with van der Waals surface area (Å²) in [6.07, 6.45) is -1.73. The lowest BCUT2D eigenvalue weighted by Crippen LogP contribution is -2.64. The zero-order valence-electron chi connectivity index (χ0n) is 18.5. The maximum atomic E-state index is 13.2. The molecular weight excluding hydrogens is 462 g/mol. The minimum atomic E-state index is -7.28. The number of hydrogen-bond acceptors (Lipinski definition) is 3. The van der Waals surface area contributed by atoms with Crippen LogP contribution >= 0.6 is 0 Å². The summed E-state index contributed by atoms with van der Waals surface area (Å²) in [7, 11) is -7.28. The van der Waals surface area contributed by atoms with E-state index in [1.807, 2.05) is 0 Å². The summed E-state index contributed by atoms with van der Waals surface area (Å²) >= 11 is 0. The molecule has 0 bridgehead atoms. The SMILES string of the molecule is CCCCCCC(F)(F)C(F)(F)C(F)(F)C(F)(F)S(=O)(=O)[O-].CC[N+](CC)(CC)CC. The molecule has 0 aliphatic heterocycles. The predicted molar refractivity (Wildman–Crippen MR) is 101 cm³/mol. The van der Waals surface area contributed by atoms with Crippen LogP contribution in [0.2, 0.25) is 0 Å². The summed E-state index contributed by atoms with van der Waals surface area (Å²) in [6.45, 7) is 15.9. The van der Waals surface area contributed by atoms with Crippen molar-refractivity contribution in [3.8, 4) is 0 Å². The van der Waals surface area contributed by atoms with Crippen LogP contribution in [-0.4, -0.2) is 66.7 Å². The Hall–Kier alpha value is -0.690. The van der Waals surface area contributed by atoms with Crippen molar-refractivity contribution in [1.29, 1.82) is 0 Å². The highest BCUT2D eigenvalue weighted by molar-refractivity contribution is 7.86. The zero-order valence-corrected chi connectivity index (χ0v) is 19.3. The Kier molecular flexibility index (Phi) is 12.5. The molecule has 0 N–H and O–H groups in total. The molecule has 0 radical (unpaired) electrons. The lowest BCUT2D eigenvalue weighted by atomic mass is 9.98. The molecule has 0 atom stereocenters. The molecule has 0 saturated heterocycles.